The lowest BCUT2D eigenvalue weighted by Gasteiger charge is -2.30. The van der Waals surface area contributed by atoms with Crippen LogP contribution in [-0.2, 0) is 4.79 Å². The van der Waals surface area contributed by atoms with Crippen LogP contribution in [0, 0.1) is 6.92 Å². The van der Waals surface area contributed by atoms with Crippen LogP contribution < -0.4 is 5.32 Å². The number of fused-ring (bicyclic) bond motifs is 1. The minimum absolute atomic E-state index is 0.0519. The first-order valence-electron chi connectivity index (χ1n) is 9.21. The van der Waals surface area contributed by atoms with E-state index in [-0.39, 0.29) is 5.91 Å². The predicted molar refractivity (Wildman–Crippen MR) is 104 cm³/mol. The number of amides is 1. The Hall–Kier alpha value is -2.66. The Kier molecular flexibility index (Phi) is 4.71. The van der Waals surface area contributed by atoms with E-state index in [0.717, 1.165) is 48.5 Å². The Labute approximate surface area is 153 Å². The van der Waals surface area contributed by atoms with Crippen LogP contribution in [0.4, 0.5) is 5.69 Å². The van der Waals surface area contributed by atoms with Crippen molar-refractivity contribution in [2.75, 3.05) is 25.0 Å². The number of H-pyrrole nitrogens is 1. The zero-order chi connectivity index (χ0) is 17.9. The first-order chi connectivity index (χ1) is 12.7. The molecule has 1 fully saturated rings. The van der Waals surface area contributed by atoms with Crippen LogP contribution in [0.5, 0.6) is 0 Å². The lowest BCUT2D eigenvalue weighted by Crippen LogP contribution is -2.38. The molecule has 5 heteroatoms. The summed E-state index contributed by atoms with van der Waals surface area (Å²) in [6, 6.07) is 16.1. The van der Waals surface area contributed by atoms with Crippen LogP contribution in [0.3, 0.4) is 0 Å². The number of hydrogen-bond acceptors (Lipinski definition) is 3. The molecule has 1 aromatic heterocycles. The van der Waals surface area contributed by atoms with Gasteiger partial charge in [-0.25, -0.2) is 4.98 Å². The second-order valence-electron chi connectivity index (χ2n) is 7.10. The van der Waals surface area contributed by atoms with Gasteiger partial charge in [-0.1, -0.05) is 29.8 Å². The summed E-state index contributed by atoms with van der Waals surface area (Å²) in [4.78, 5) is 22.7. The summed E-state index contributed by atoms with van der Waals surface area (Å²) < 4.78 is 0. The van der Waals surface area contributed by atoms with Crippen molar-refractivity contribution in [3.8, 4) is 0 Å². The normalized spacial score (nSPS) is 16.0. The molecule has 2 aromatic carbocycles. The number of imidazole rings is 1. The van der Waals surface area contributed by atoms with E-state index in [1.165, 1.54) is 5.56 Å². The third-order valence-corrected chi connectivity index (χ3v) is 5.08. The molecule has 0 spiro atoms. The van der Waals surface area contributed by atoms with Crippen molar-refractivity contribution < 1.29 is 4.79 Å². The van der Waals surface area contributed by atoms with Gasteiger partial charge in [-0.15, -0.1) is 0 Å². The highest BCUT2D eigenvalue weighted by Crippen LogP contribution is 2.27. The lowest BCUT2D eigenvalue weighted by atomic mass is 9.96. The molecule has 2 N–H and O–H groups in total. The smallest absolute Gasteiger partial charge is 0.238 e. The largest absolute Gasteiger partial charge is 0.342 e. The number of nitrogens with zero attached hydrogens (tertiary/aromatic N) is 2. The maximum atomic E-state index is 12.3. The molecule has 0 radical (unpaired) electrons. The van der Waals surface area contributed by atoms with Gasteiger partial charge in [-0.05, 0) is 57.1 Å². The van der Waals surface area contributed by atoms with E-state index in [2.05, 4.69) is 21.3 Å². The van der Waals surface area contributed by atoms with Crippen molar-refractivity contribution in [2.45, 2.75) is 25.7 Å². The van der Waals surface area contributed by atoms with E-state index in [1.807, 2.05) is 49.4 Å². The molecular formula is C21H24N4O. The van der Waals surface area contributed by atoms with Gasteiger partial charge in [-0.2, -0.15) is 0 Å². The second-order valence-corrected chi connectivity index (χ2v) is 7.10. The van der Waals surface area contributed by atoms with E-state index in [4.69, 9.17) is 4.98 Å². The number of aromatic amines is 1. The second kappa shape index (κ2) is 7.30. The number of para-hydroxylation sites is 2. The SMILES string of the molecule is Cc1ccc(NC(=O)CN2CCC(c3nc4ccccc4[nH]3)CC2)cc1. The van der Waals surface area contributed by atoms with Crippen molar-refractivity contribution in [1.29, 1.82) is 0 Å². The lowest BCUT2D eigenvalue weighted by molar-refractivity contribution is -0.117. The van der Waals surface area contributed by atoms with E-state index >= 15 is 0 Å². The van der Waals surface area contributed by atoms with Gasteiger partial charge in [-0.3, -0.25) is 9.69 Å². The first kappa shape index (κ1) is 16.8. The monoisotopic (exact) mass is 348 g/mol. The molecule has 5 nitrogen and oxygen atoms in total. The number of hydrogen-bond donors (Lipinski definition) is 2. The highest BCUT2D eigenvalue weighted by Gasteiger charge is 2.24. The first-order valence-corrected chi connectivity index (χ1v) is 9.21. The molecule has 4 rings (SSSR count). The number of piperidine rings is 1. The van der Waals surface area contributed by atoms with Crippen molar-refractivity contribution >= 4 is 22.6 Å². The topological polar surface area (TPSA) is 61.0 Å². The Bertz CT molecular complexity index is 859. The summed E-state index contributed by atoms with van der Waals surface area (Å²) in [5, 5.41) is 2.98. The molecule has 0 atom stereocenters. The van der Waals surface area contributed by atoms with Gasteiger partial charge >= 0.3 is 0 Å². The van der Waals surface area contributed by atoms with Gasteiger partial charge in [0.15, 0.2) is 0 Å². The summed E-state index contributed by atoms with van der Waals surface area (Å²) in [6.07, 6.45) is 2.05. The number of carbonyl (C=O) groups is 1. The quantitative estimate of drug-likeness (QED) is 0.756. The third kappa shape index (κ3) is 3.78. The van der Waals surface area contributed by atoms with Gasteiger partial charge in [0, 0.05) is 11.6 Å². The maximum absolute atomic E-state index is 12.3. The Balaban J connectivity index is 1.30. The number of benzene rings is 2. The van der Waals surface area contributed by atoms with E-state index in [1.54, 1.807) is 0 Å². The molecule has 0 bridgehead atoms. The fraction of sp³-hybridized carbons (Fsp3) is 0.333. The summed E-state index contributed by atoms with van der Waals surface area (Å²) in [7, 11) is 0. The predicted octanol–water partition coefficient (Wildman–Crippen LogP) is 3.69. The van der Waals surface area contributed by atoms with Crippen LogP contribution in [0.2, 0.25) is 0 Å². The molecule has 1 aliphatic rings. The van der Waals surface area contributed by atoms with Gasteiger partial charge in [0.2, 0.25) is 5.91 Å². The Morgan fingerprint density at radius 3 is 2.62 bits per heavy atom. The molecule has 1 saturated heterocycles. The number of aryl methyl sites for hydroxylation is 1. The third-order valence-electron chi connectivity index (χ3n) is 5.08. The average Bonchev–Trinajstić information content (AvgIpc) is 3.08. The Morgan fingerprint density at radius 2 is 1.88 bits per heavy atom. The van der Waals surface area contributed by atoms with E-state index in [9.17, 15) is 4.79 Å². The minimum atomic E-state index is 0.0519. The number of nitrogens with one attached hydrogen (secondary N) is 2. The molecule has 134 valence electrons. The number of aromatic nitrogens is 2. The standard InChI is InChI=1S/C21H24N4O/c1-15-6-8-17(9-7-15)22-20(26)14-25-12-10-16(11-13-25)21-23-18-4-2-3-5-19(18)24-21/h2-9,16H,10-14H2,1H3,(H,22,26)(H,23,24). The number of anilines is 1. The molecule has 2 heterocycles. The zero-order valence-corrected chi connectivity index (χ0v) is 15.0. The minimum Gasteiger partial charge on any atom is -0.342 e. The van der Waals surface area contributed by atoms with Crippen LogP contribution in [0.1, 0.15) is 30.1 Å². The zero-order valence-electron chi connectivity index (χ0n) is 15.0. The van der Waals surface area contributed by atoms with Gasteiger partial charge < -0.3 is 10.3 Å². The molecule has 26 heavy (non-hydrogen) atoms. The molecule has 0 unspecified atom stereocenters. The number of rotatable bonds is 4. The van der Waals surface area contributed by atoms with Gasteiger partial charge in [0.25, 0.3) is 0 Å². The Morgan fingerprint density at radius 1 is 1.15 bits per heavy atom. The highest BCUT2D eigenvalue weighted by atomic mass is 16.2. The van der Waals surface area contributed by atoms with Crippen LogP contribution in [-0.4, -0.2) is 40.4 Å². The number of carbonyl (C=O) groups excluding carboxylic acids is 1. The summed E-state index contributed by atoms with van der Waals surface area (Å²) in [5.41, 5.74) is 4.18. The average molecular weight is 348 g/mol. The summed E-state index contributed by atoms with van der Waals surface area (Å²) in [5.74, 6) is 1.57. The van der Waals surface area contributed by atoms with Crippen molar-refractivity contribution in [3.05, 3.63) is 59.9 Å². The fourth-order valence-electron chi connectivity index (χ4n) is 3.57. The molecule has 0 saturated carbocycles. The van der Waals surface area contributed by atoms with Crippen LogP contribution in [0.15, 0.2) is 48.5 Å². The van der Waals surface area contributed by atoms with E-state index < -0.39 is 0 Å². The van der Waals surface area contributed by atoms with Crippen LogP contribution >= 0.6 is 0 Å². The number of likely N-dealkylation sites (tertiary alicyclic amines) is 1. The van der Waals surface area contributed by atoms with Gasteiger partial charge in [0.1, 0.15) is 5.82 Å². The molecular weight excluding hydrogens is 324 g/mol. The van der Waals surface area contributed by atoms with E-state index in [0.29, 0.717) is 12.5 Å². The van der Waals surface area contributed by atoms with Crippen molar-refractivity contribution in [3.63, 3.8) is 0 Å². The fourth-order valence-corrected chi connectivity index (χ4v) is 3.57. The molecule has 0 aliphatic carbocycles. The van der Waals surface area contributed by atoms with Crippen molar-refractivity contribution in [1.82, 2.24) is 14.9 Å². The molecule has 1 amide bonds. The highest BCUT2D eigenvalue weighted by molar-refractivity contribution is 5.92. The van der Waals surface area contributed by atoms with Crippen LogP contribution in [0.25, 0.3) is 11.0 Å². The van der Waals surface area contributed by atoms with Crippen molar-refractivity contribution in [2.24, 2.45) is 0 Å². The maximum Gasteiger partial charge on any atom is 0.238 e. The molecule has 3 aromatic rings. The summed E-state index contributed by atoms with van der Waals surface area (Å²) in [6.45, 7) is 4.32. The summed E-state index contributed by atoms with van der Waals surface area (Å²) >= 11 is 0. The molecule has 1 aliphatic heterocycles. The van der Waals surface area contributed by atoms with Gasteiger partial charge in [0.05, 0.1) is 17.6 Å².